The molecule has 1 aliphatic heterocycles. The number of nitrogens with zero attached hydrogens (tertiary/aromatic N) is 1. The number of hydrogen-bond acceptors (Lipinski definition) is 3. The van der Waals surface area contributed by atoms with Gasteiger partial charge in [0.05, 0.1) is 4.90 Å². The van der Waals surface area contributed by atoms with E-state index in [1.807, 2.05) is 12.1 Å². The van der Waals surface area contributed by atoms with Gasteiger partial charge in [-0.3, -0.25) is 0 Å². The SMILES string of the molecule is O=S(=O)(c1ccccc1)C1CNC(=S)N(c2ccc(Cl)cc2)C1. The van der Waals surface area contributed by atoms with Crippen molar-refractivity contribution < 1.29 is 8.42 Å². The van der Waals surface area contributed by atoms with E-state index in [1.165, 1.54) is 0 Å². The van der Waals surface area contributed by atoms with E-state index >= 15 is 0 Å². The van der Waals surface area contributed by atoms with Crippen molar-refractivity contribution in [1.29, 1.82) is 0 Å². The number of rotatable bonds is 3. The molecule has 0 saturated carbocycles. The molecule has 7 heteroatoms. The second-order valence-electron chi connectivity index (χ2n) is 5.25. The van der Waals surface area contributed by atoms with Gasteiger partial charge < -0.3 is 10.2 Å². The van der Waals surface area contributed by atoms with Gasteiger partial charge in [-0.15, -0.1) is 0 Å². The lowest BCUT2D eigenvalue weighted by Gasteiger charge is -2.35. The summed E-state index contributed by atoms with van der Waals surface area (Å²) in [5.41, 5.74) is 0.819. The number of nitrogens with one attached hydrogen (secondary N) is 1. The minimum atomic E-state index is -3.42. The molecule has 3 rings (SSSR count). The third-order valence-corrected chi connectivity index (χ3v) is 6.50. The number of thiocarbonyl (C=S) groups is 1. The second-order valence-corrected chi connectivity index (χ2v) is 8.30. The summed E-state index contributed by atoms with van der Waals surface area (Å²) in [5, 5.41) is 3.58. The predicted molar refractivity (Wildman–Crippen MR) is 96.8 cm³/mol. The highest BCUT2D eigenvalue weighted by Crippen LogP contribution is 2.24. The monoisotopic (exact) mass is 366 g/mol. The molecule has 23 heavy (non-hydrogen) atoms. The predicted octanol–water partition coefficient (Wildman–Crippen LogP) is 2.88. The number of sulfone groups is 1. The highest BCUT2D eigenvalue weighted by Gasteiger charge is 2.34. The van der Waals surface area contributed by atoms with Crippen LogP contribution in [-0.2, 0) is 9.84 Å². The van der Waals surface area contributed by atoms with E-state index in [0.29, 0.717) is 28.1 Å². The van der Waals surface area contributed by atoms with Gasteiger partial charge in [-0.05, 0) is 48.6 Å². The van der Waals surface area contributed by atoms with Crippen LogP contribution in [0.1, 0.15) is 0 Å². The fourth-order valence-electron chi connectivity index (χ4n) is 2.50. The molecule has 4 nitrogen and oxygen atoms in total. The molecule has 1 saturated heterocycles. The maximum Gasteiger partial charge on any atom is 0.184 e. The third kappa shape index (κ3) is 3.34. The maximum atomic E-state index is 12.8. The minimum Gasteiger partial charge on any atom is -0.361 e. The van der Waals surface area contributed by atoms with Crippen LogP contribution in [0.25, 0.3) is 0 Å². The summed E-state index contributed by atoms with van der Waals surface area (Å²) in [6.07, 6.45) is 0. The Labute approximate surface area is 146 Å². The largest absolute Gasteiger partial charge is 0.361 e. The Morgan fingerprint density at radius 3 is 2.39 bits per heavy atom. The molecule has 1 heterocycles. The molecule has 0 aromatic heterocycles. The highest BCUT2D eigenvalue weighted by molar-refractivity contribution is 7.92. The molecule has 0 spiro atoms. The first-order chi connectivity index (χ1) is 11.0. The van der Waals surface area contributed by atoms with Crippen molar-refractivity contribution in [2.24, 2.45) is 0 Å². The van der Waals surface area contributed by atoms with Crippen LogP contribution in [0.15, 0.2) is 59.5 Å². The molecule has 1 aliphatic rings. The summed E-state index contributed by atoms with van der Waals surface area (Å²) in [4.78, 5) is 2.12. The lowest BCUT2D eigenvalue weighted by molar-refractivity contribution is 0.571. The topological polar surface area (TPSA) is 49.4 Å². The molecule has 0 bridgehead atoms. The van der Waals surface area contributed by atoms with E-state index in [4.69, 9.17) is 23.8 Å². The van der Waals surface area contributed by atoms with E-state index in [2.05, 4.69) is 5.32 Å². The van der Waals surface area contributed by atoms with E-state index in [-0.39, 0.29) is 0 Å². The normalized spacial score (nSPS) is 18.6. The van der Waals surface area contributed by atoms with Crippen LogP contribution in [-0.4, -0.2) is 31.9 Å². The number of hydrogen-bond donors (Lipinski definition) is 1. The zero-order chi connectivity index (χ0) is 16.4. The summed E-state index contributed by atoms with van der Waals surface area (Å²) >= 11 is 11.2. The first-order valence-electron chi connectivity index (χ1n) is 7.08. The number of anilines is 1. The molecule has 2 aromatic rings. The summed E-state index contributed by atoms with van der Waals surface area (Å²) in [7, 11) is -3.42. The molecule has 120 valence electrons. The Morgan fingerprint density at radius 2 is 1.74 bits per heavy atom. The van der Waals surface area contributed by atoms with Crippen LogP contribution >= 0.6 is 23.8 Å². The summed E-state index contributed by atoms with van der Waals surface area (Å²) < 4.78 is 25.6. The zero-order valence-corrected chi connectivity index (χ0v) is 14.5. The van der Waals surface area contributed by atoms with Crippen molar-refractivity contribution in [2.75, 3.05) is 18.0 Å². The van der Waals surface area contributed by atoms with E-state index < -0.39 is 15.1 Å². The molecular weight excluding hydrogens is 352 g/mol. The fraction of sp³-hybridized carbons (Fsp3) is 0.188. The van der Waals surface area contributed by atoms with E-state index in [9.17, 15) is 8.42 Å². The molecule has 0 aliphatic carbocycles. The van der Waals surface area contributed by atoms with Crippen LogP contribution < -0.4 is 10.2 Å². The molecule has 1 atom stereocenters. The van der Waals surface area contributed by atoms with Gasteiger partial charge in [-0.2, -0.15) is 0 Å². The lowest BCUT2D eigenvalue weighted by Crippen LogP contribution is -2.55. The van der Waals surface area contributed by atoms with Crippen LogP contribution in [0.4, 0.5) is 5.69 Å². The van der Waals surface area contributed by atoms with Crippen molar-refractivity contribution in [3.05, 3.63) is 59.6 Å². The van der Waals surface area contributed by atoms with Gasteiger partial charge in [-0.25, -0.2) is 8.42 Å². The van der Waals surface area contributed by atoms with Crippen molar-refractivity contribution >= 4 is 44.5 Å². The molecule has 1 fully saturated rings. The van der Waals surface area contributed by atoms with E-state index in [1.54, 1.807) is 47.4 Å². The van der Waals surface area contributed by atoms with Crippen LogP contribution in [0.2, 0.25) is 5.02 Å². The standard InChI is InChI=1S/C16H15ClN2O2S2/c17-12-6-8-13(9-7-12)19-11-15(10-18-16(19)22)23(20,21)14-4-2-1-3-5-14/h1-9,15H,10-11H2,(H,18,22). The fourth-order valence-corrected chi connectivity index (χ4v) is 4.46. The van der Waals surface area contributed by atoms with Crippen molar-refractivity contribution in [3.63, 3.8) is 0 Å². The van der Waals surface area contributed by atoms with E-state index in [0.717, 1.165) is 5.69 Å². The van der Waals surface area contributed by atoms with Gasteiger partial charge in [0.25, 0.3) is 0 Å². The molecule has 2 aromatic carbocycles. The summed E-state index contributed by atoms with van der Waals surface area (Å²) in [6, 6.07) is 15.7. The Kier molecular flexibility index (Phi) is 4.57. The quantitative estimate of drug-likeness (QED) is 0.846. The summed E-state index contributed by atoms with van der Waals surface area (Å²) in [5.74, 6) is 0. The van der Waals surface area contributed by atoms with Crippen molar-refractivity contribution in [1.82, 2.24) is 5.32 Å². The minimum absolute atomic E-state index is 0.306. The van der Waals surface area contributed by atoms with Crippen LogP contribution in [0.5, 0.6) is 0 Å². The average molecular weight is 367 g/mol. The smallest absolute Gasteiger partial charge is 0.184 e. The third-order valence-electron chi connectivity index (χ3n) is 3.76. The Bertz CT molecular complexity index is 808. The Morgan fingerprint density at radius 1 is 1.09 bits per heavy atom. The highest BCUT2D eigenvalue weighted by atomic mass is 35.5. The molecular formula is C16H15ClN2O2S2. The van der Waals surface area contributed by atoms with Gasteiger partial charge in [0.15, 0.2) is 14.9 Å². The average Bonchev–Trinajstić information content (AvgIpc) is 2.57. The second kappa shape index (κ2) is 6.47. The van der Waals surface area contributed by atoms with Crippen molar-refractivity contribution in [2.45, 2.75) is 10.1 Å². The van der Waals surface area contributed by atoms with Gasteiger partial charge >= 0.3 is 0 Å². The first kappa shape index (κ1) is 16.2. The van der Waals surface area contributed by atoms with Gasteiger partial charge in [0.2, 0.25) is 0 Å². The molecule has 1 N–H and O–H groups in total. The lowest BCUT2D eigenvalue weighted by atomic mass is 10.2. The first-order valence-corrected chi connectivity index (χ1v) is 9.41. The van der Waals surface area contributed by atoms with Crippen molar-refractivity contribution in [3.8, 4) is 0 Å². The zero-order valence-electron chi connectivity index (χ0n) is 12.1. The number of halogens is 1. The summed E-state index contributed by atoms with van der Waals surface area (Å²) in [6.45, 7) is 0.616. The molecule has 0 radical (unpaired) electrons. The van der Waals surface area contributed by atoms with Crippen LogP contribution in [0, 0.1) is 0 Å². The van der Waals surface area contributed by atoms with Gasteiger partial charge in [0, 0.05) is 23.8 Å². The Balaban J connectivity index is 1.88. The van der Waals surface area contributed by atoms with Gasteiger partial charge in [0.1, 0.15) is 5.25 Å². The maximum absolute atomic E-state index is 12.8. The molecule has 1 unspecified atom stereocenters. The van der Waals surface area contributed by atoms with Gasteiger partial charge in [-0.1, -0.05) is 29.8 Å². The van der Waals surface area contributed by atoms with Crippen LogP contribution in [0.3, 0.4) is 0 Å². The molecule has 0 amide bonds. The number of benzene rings is 2. The Hall–Kier alpha value is -1.63.